The summed E-state index contributed by atoms with van der Waals surface area (Å²) in [5.41, 5.74) is 0.288. The van der Waals surface area contributed by atoms with E-state index in [1.165, 1.54) is 18.2 Å². The average molecular weight is 350 g/mol. The Bertz CT molecular complexity index is 955. The molecule has 1 atom stereocenters. The van der Waals surface area contributed by atoms with Crippen LogP contribution in [0.5, 0.6) is 5.75 Å². The second-order valence-electron chi connectivity index (χ2n) is 5.82. The molecule has 0 aromatic heterocycles. The predicted molar refractivity (Wildman–Crippen MR) is 100 cm³/mol. The van der Waals surface area contributed by atoms with Gasteiger partial charge in [-0.2, -0.15) is 0 Å². The lowest BCUT2D eigenvalue weighted by molar-refractivity contribution is -0.384. The van der Waals surface area contributed by atoms with Gasteiger partial charge in [0.25, 0.3) is 11.6 Å². The van der Waals surface area contributed by atoms with Crippen molar-refractivity contribution in [1.82, 2.24) is 0 Å². The van der Waals surface area contributed by atoms with Gasteiger partial charge in [0.15, 0.2) is 6.10 Å². The van der Waals surface area contributed by atoms with Gasteiger partial charge in [0, 0.05) is 17.8 Å². The Hall–Kier alpha value is -3.41. The zero-order chi connectivity index (χ0) is 18.5. The van der Waals surface area contributed by atoms with Gasteiger partial charge in [0.1, 0.15) is 5.75 Å². The number of hydrogen-bond donors (Lipinski definition) is 1. The Labute approximate surface area is 150 Å². The number of nitrogens with zero attached hydrogens (tertiary/aromatic N) is 1. The van der Waals surface area contributed by atoms with Gasteiger partial charge in [-0.3, -0.25) is 14.9 Å². The Kier molecular flexibility index (Phi) is 5.12. The van der Waals surface area contributed by atoms with Crippen molar-refractivity contribution >= 4 is 28.1 Å². The third kappa shape index (κ3) is 3.97. The van der Waals surface area contributed by atoms with Gasteiger partial charge in [-0.25, -0.2) is 0 Å². The van der Waals surface area contributed by atoms with Crippen LogP contribution in [0.3, 0.4) is 0 Å². The number of amides is 1. The number of rotatable bonds is 6. The van der Waals surface area contributed by atoms with E-state index in [0.29, 0.717) is 17.9 Å². The number of ether oxygens (including phenoxy) is 1. The number of nitro groups is 1. The molecule has 6 heteroatoms. The topological polar surface area (TPSA) is 81.5 Å². The molecule has 132 valence electrons. The van der Waals surface area contributed by atoms with Gasteiger partial charge in [0.05, 0.1) is 4.92 Å². The maximum absolute atomic E-state index is 12.5. The maximum Gasteiger partial charge on any atom is 0.271 e. The number of nitro benzene ring substituents is 1. The summed E-state index contributed by atoms with van der Waals surface area (Å²) in [7, 11) is 0. The molecule has 0 heterocycles. The molecule has 0 spiro atoms. The van der Waals surface area contributed by atoms with Crippen molar-refractivity contribution in [1.29, 1.82) is 0 Å². The fraction of sp³-hybridized carbons (Fsp3) is 0.150. The summed E-state index contributed by atoms with van der Waals surface area (Å²) in [6, 6.07) is 19.4. The second kappa shape index (κ2) is 7.65. The van der Waals surface area contributed by atoms with Gasteiger partial charge in [-0.15, -0.1) is 0 Å². The molecular formula is C20H18N2O4. The van der Waals surface area contributed by atoms with Crippen molar-refractivity contribution in [2.45, 2.75) is 19.4 Å². The van der Waals surface area contributed by atoms with E-state index in [-0.39, 0.29) is 11.6 Å². The minimum atomic E-state index is -0.699. The highest BCUT2D eigenvalue weighted by atomic mass is 16.6. The van der Waals surface area contributed by atoms with Crippen molar-refractivity contribution in [3.05, 3.63) is 76.8 Å². The first-order valence-corrected chi connectivity index (χ1v) is 8.27. The van der Waals surface area contributed by atoms with Crippen molar-refractivity contribution in [2.75, 3.05) is 5.32 Å². The molecule has 0 saturated heterocycles. The van der Waals surface area contributed by atoms with Gasteiger partial charge in [-0.05, 0) is 35.4 Å². The van der Waals surface area contributed by atoms with Crippen LogP contribution < -0.4 is 10.1 Å². The van der Waals surface area contributed by atoms with Crippen LogP contribution in [-0.2, 0) is 4.79 Å². The zero-order valence-corrected chi connectivity index (χ0v) is 14.2. The number of non-ortho nitro benzene ring substituents is 1. The summed E-state index contributed by atoms with van der Waals surface area (Å²) in [4.78, 5) is 22.8. The fourth-order valence-corrected chi connectivity index (χ4v) is 2.65. The standard InChI is InChI=1S/C20H18N2O4/c1-2-19(20(23)21-16-8-5-9-17(13-16)22(24)25)26-18-11-10-14-6-3-4-7-15(14)12-18/h3-13,19H,2H2,1H3,(H,21,23)/t19-/m1/s1. The molecule has 0 bridgehead atoms. The number of nitrogens with one attached hydrogen (secondary N) is 1. The molecule has 0 aliphatic heterocycles. The third-order valence-electron chi connectivity index (χ3n) is 3.99. The smallest absolute Gasteiger partial charge is 0.271 e. The van der Waals surface area contributed by atoms with Crippen molar-refractivity contribution < 1.29 is 14.5 Å². The van der Waals surface area contributed by atoms with Gasteiger partial charge < -0.3 is 10.1 Å². The number of carbonyl (C=O) groups is 1. The highest BCUT2D eigenvalue weighted by Gasteiger charge is 2.19. The first-order valence-electron chi connectivity index (χ1n) is 8.27. The predicted octanol–water partition coefficient (Wildman–Crippen LogP) is 4.54. The Balaban J connectivity index is 1.74. The minimum Gasteiger partial charge on any atom is -0.481 e. The van der Waals surface area contributed by atoms with E-state index < -0.39 is 11.0 Å². The zero-order valence-electron chi connectivity index (χ0n) is 14.2. The molecule has 0 aliphatic carbocycles. The normalized spacial score (nSPS) is 11.7. The number of hydrogen-bond acceptors (Lipinski definition) is 4. The molecule has 1 N–H and O–H groups in total. The SMILES string of the molecule is CC[C@@H](Oc1ccc2ccccc2c1)C(=O)Nc1cccc([N+](=O)[O-])c1. The summed E-state index contributed by atoms with van der Waals surface area (Å²) < 4.78 is 5.84. The molecule has 26 heavy (non-hydrogen) atoms. The molecule has 3 aromatic carbocycles. The van der Waals surface area contributed by atoms with Crippen molar-refractivity contribution in [2.24, 2.45) is 0 Å². The van der Waals surface area contributed by atoms with Crippen molar-refractivity contribution in [3.8, 4) is 5.75 Å². The van der Waals surface area contributed by atoms with Crippen LogP contribution in [0.15, 0.2) is 66.7 Å². The fourth-order valence-electron chi connectivity index (χ4n) is 2.65. The van der Waals surface area contributed by atoms with Crippen LogP contribution in [0, 0.1) is 10.1 Å². The summed E-state index contributed by atoms with van der Waals surface area (Å²) in [6.45, 7) is 1.85. The lowest BCUT2D eigenvalue weighted by Crippen LogP contribution is -2.32. The Morgan fingerprint density at radius 2 is 1.85 bits per heavy atom. The summed E-state index contributed by atoms with van der Waals surface area (Å²) in [5, 5.41) is 15.6. The quantitative estimate of drug-likeness (QED) is 0.522. The van der Waals surface area contributed by atoms with E-state index in [1.807, 2.05) is 49.4 Å². The molecule has 0 fully saturated rings. The van der Waals surface area contributed by atoms with Gasteiger partial charge in [0.2, 0.25) is 0 Å². The van der Waals surface area contributed by atoms with Crippen LogP contribution in [0.2, 0.25) is 0 Å². The van der Waals surface area contributed by atoms with E-state index in [1.54, 1.807) is 6.07 Å². The average Bonchev–Trinajstić information content (AvgIpc) is 2.66. The monoisotopic (exact) mass is 350 g/mol. The lowest BCUT2D eigenvalue weighted by atomic mass is 10.1. The maximum atomic E-state index is 12.5. The summed E-state index contributed by atoms with van der Waals surface area (Å²) in [5.74, 6) is 0.255. The Morgan fingerprint density at radius 3 is 2.58 bits per heavy atom. The molecule has 1 amide bonds. The van der Waals surface area contributed by atoms with E-state index >= 15 is 0 Å². The molecule has 3 aromatic rings. The molecular weight excluding hydrogens is 332 g/mol. The molecule has 0 saturated carbocycles. The highest BCUT2D eigenvalue weighted by Crippen LogP contribution is 2.23. The lowest BCUT2D eigenvalue weighted by Gasteiger charge is -2.17. The Morgan fingerprint density at radius 1 is 1.08 bits per heavy atom. The van der Waals surface area contributed by atoms with Crippen molar-refractivity contribution in [3.63, 3.8) is 0 Å². The second-order valence-corrected chi connectivity index (χ2v) is 5.82. The van der Waals surface area contributed by atoms with E-state index in [4.69, 9.17) is 4.74 Å². The van der Waals surface area contributed by atoms with E-state index in [9.17, 15) is 14.9 Å². The molecule has 6 nitrogen and oxygen atoms in total. The van der Waals surface area contributed by atoms with Crippen LogP contribution in [-0.4, -0.2) is 16.9 Å². The molecule has 0 unspecified atom stereocenters. The van der Waals surface area contributed by atoms with Crippen LogP contribution in [0.4, 0.5) is 11.4 Å². The minimum absolute atomic E-state index is 0.0775. The molecule has 0 aliphatic rings. The number of benzene rings is 3. The van der Waals surface area contributed by atoms with Gasteiger partial charge in [-0.1, -0.05) is 43.3 Å². The van der Waals surface area contributed by atoms with Gasteiger partial charge >= 0.3 is 0 Å². The van der Waals surface area contributed by atoms with E-state index in [2.05, 4.69) is 5.32 Å². The number of carbonyl (C=O) groups excluding carboxylic acids is 1. The summed E-state index contributed by atoms with van der Waals surface area (Å²) >= 11 is 0. The number of anilines is 1. The first kappa shape index (κ1) is 17.4. The first-order chi connectivity index (χ1) is 12.6. The van der Waals surface area contributed by atoms with Crippen LogP contribution in [0.1, 0.15) is 13.3 Å². The van der Waals surface area contributed by atoms with Crippen LogP contribution in [0.25, 0.3) is 10.8 Å². The number of fused-ring (bicyclic) bond motifs is 1. The highest BCUT2D eigenvalue weighted by molar-refractivity contribution is 5.94. The molecule has 0 radical (unpaired) electrons. The third-order valence-corrected chi connectivity index (χ3v) is 3.99. The molecule has 3 rings (SSSR count). The summed E-state index contributed by atoms with van der Waals surface area (Å²) in [6.07, 6.45) is -0.233. The largest absolute Gasteiger partial charge is 0.481 e. The van der Waals surface area contributed by atoms with Crippen LogP contribution >= 0.6 is 0 Å². The van der Waals surface area contributed by atoms with E-state index in [0.717, 1.165) is 10.8 Å².